The monoisotopic (exact) mass is 375 g/mol. The summed E-state index contributed by atoms with van der Waals surface area (Å²) in [4.78, 5) is 39.2. The summed E-state index contributed by atoms with van der Waals surface area (Å²) in [7, 11) is 1.67. The number of ether oxygens (including phenoxy) is 1. The van der Waals surface area contributed by atoms with Gasteiger partial charge in [-0.2, -0.15) is 0 Å². The fourth-order valence-corrected chi connectivity index (χ4v) is 3.49. The van der Waals surface area contributed by atoms with Crippen LogP contribution in [0.3, 0.4) is 0 Å². The molecule has 0 N–H and O–H groups in total. The average Bonchev–Trinajstić information content (AvgIpc) is 3.16. The van der Waals surface area contributed by atoms with Gasteiger partial charge in [0.05, 0.1) is 16.7 Å². The molecule has 9 heteroatoms. The van der Waals surface area contributed by atoms with Gasteiger partial charge in [-0.3, -0.25) is 24.6 Å². The van der Waals surface area contributed by atoms with E-state index in [2.05, 4.69) is 0 Å². The van der Waals surface area contributed by atoms with Crippen molar-refractivity contribution in [3.63, 3.8) is 0 Å². The normalized spacial score (nSPS) is 14.4. The molecule has 0 fully saturated rings. The quantitative estimate of drug-likeness (QED) is 0.591. The Morgan fingerprint density at radius 3 is 2.88 bits per heavy atom. The number of benzene rings is 1. The Morgan fingerprint density at radius 1 is 1.46 bits per heavy atom. The Kier molecular flexibility index (Phi) is 4.90. The summed E-state index contributed by atoms with van der Waals surface area (Å²) in [6.07, 6.45) is 0. The van der Waals surface area contributed by atoms with Gasteiger partial charge < -0.3 is 9.64 Å². The molecule has 0 spiro atoms. The maximum absolute atomic E-state index is 12.7. The van der Waals surface area contributed by atoms with Crippen LogP contribution in [0.15, 0.2) is 35.7 Å². The molecule has 1 aromatic carbocycles. The highest BCUT2D eigenvalue weighted by Crippen LogP contribution is 2.35. The fourth-order valence-electron chi connectivity index (χ4n) is 2.66. The lowest BCUT2D eigenvalue weighted by molar-refractivity contribution is -0.384. The van der Waals surface area contributed by atoms with Crippen LogP contribution < -0.4 is 9.64 Å². The summed E-state index contributed by atoms with van der Waals surface area (Å²) < 4.78 is 5.31. The summed E-state index contributed by atoms with van der Waals surface area (Å²) in [5.41, 5.74) is 0.0702. The largest absolute Gasteiger partial charge is 0.482 e. The van der Waals surface area contributed by atoms with Crippen LogP contribution in [0, 0.1) is 10.1 Å². The second-order valence-corrected chi connectivity index (χ2v) is 6.85. The highest BCUT2D eigenvalue weighted by atomic mass is 32.1. The Bertz CT molecular complexity index is 852. The third-order valence-electron chi connectivity index (χ3n) is 4.32. The lowest BCUT2D eigenvalue weighted by Gasteiger charge is -2.31. The van der Waals surface area contributed by atoms with E-state index in [0.29, 0.717) is 5.75 Å². The van der Waals surface area contributed by atoms with E-state index < -0.39 is 10.8 Å². The van der Waals surface area contributed by atoms with E-state index in [1.807, 2.05) is 24.4 Å². The van der Waals surface area contributed by atoms with Crippen molar-refractivity contribution in [3.8, 4) is 5.75 Å². The molecule has 1 aliphatic rings. The number of non-ortho nitro benzene ring substituents is 1. The van der Waals surface area contributed by atoms with Gasteiger partial charge >= 0.3 is 0 Å². The van der Waals surface area contributed by atoms with Gasteiger partial charge in [0.2, 0.25) is 5.91 Å². The van der Waals surface area contributed by atoms with Gasteiger partial charge in [-0.15, -0.1) is 11.3 Å². The number of nitrogens with zero attached hydrogens (tertiary/aromatic N) is 3. The van der Waals surface area contributed by atoms with E-state index in [9.17, 15) is 19.7 Å². The van der Waals surface area contributed by atoms with Crippen molar-refractivity contribution >= 4 is 34.5 Å². The molecule has 2 heterocycles. The molecule has 1 aromatic heterocycles. The Balaban J connectivity index is 1.83. The number of rotatable bonds is 5. The molecule has 0 saturated heterocycles. The number of hydrogen-bond donors (Lipinski definition) is 0. The number of fused-ring (bicyclic) bond motifs is 1. The predicted octanol–water partition coefficient (Wildman–Crippen LogP) is 2.60. The van der Waals surface area contributed by atoms with E-state index in [1.165, 1.54) is 23.1 Å². The molecule has 2 aromatic rings. The van der Waals surface area contributed by atoms with Crippen LogP contribution in [0.4, 0.5) is 11.4 Å². The van der Waals surface area contributed by atoms with Crippen molar-refractivity contribution in [1.29, 1.82) is 0 Å². The first kappa shape index (κ1) is 17.9. The zero-order valence-corrected chi connectivity index (χ0v) is 15.1. The molecule has 0 radical (unpaired) electrons. The van der Waals surface area contributed by atoms with Crippen molar-refractivity contribution in [2.45, 2.75) is 13.0 Å². The molecular formula is C17H17N3O5S. The summed E-state index contributed by atoms with van der Waals surface area (Å²) in [5, 5.41) is 12.9. The minimum absolute atomic E-state index is 0.136. The zero-order valence-electron chi connectivity index (χ0n) is 14.2. The summed E-state index contributed by atoms with van der Waals surface area (Å²) >= 11 is 1.55. The second-order valence-electron chi connectivity index (χ2n) is 5.87. The van der Waals surface area contributed by atoms with Crippen molar-refractivity contribution in [1.82, 2.24) is 4.90 Å². The Morgan fingerprint density at radius 2 is 2.23 bits per heavy atom. The van der Waals surface area contributed by atoms with Crippen molar-refractivity contribution in [3.05, 3.63) is 50.7 Å². The van der Waals surface area contributed by atoms with Crippen molar-refractivity contribution < 1.29 is 19.2 Å². The van der Waals surface area contributed by atoms with Gasteiger partial charge in [-0.25, -0.2) is 0 Å². The molecule has 8 nitrogen and oxygen atoms in total. The first-order valence-electron chi connectivity index (χ1n) is 7.89. The molecule has 0 aliphatic carbocycles. The number of anilines is 1. The molecule has 0 bridgehead atoms. The highest BCUT2D eigenvalue weighted by Gasteiger charge is 2.31. The van der Waals surface area contributed by atoms with Crippen LogP contribution in [-0.2, 0) is 9.59 Å². The third-order valence-corrected chi connectivity index (χ3v) is 5.36. The molecule has 26 heavy (non-hydrogen) atoms. The molecule has 1 atom stereocenters. The van der Waals surface area contributed by atoms with Crippen LogP contribution in [0.5, 0.6) is 5.75 Å². The number of likely N-dealkylation sites (N-methyl/N-ethyl adjacent to an activating group) is 1. The number of thiophene rings is 1. The molecule has 2 amide bonds. The van der Waals surface area contributed by atoms with Crippen LogP contribution in [0.2, 0.25) is 0 Å². The average molecular weight is 375 g/mol. The number of nitro benzene ring substituents is 1. The topological polar surface area (TPSA) is 93.0 Å². The highest BCUT2D eigenvalue weighted by molar-refractivity contribution is 7.10. The summed E-state index contributed by atoms with van der Waals surface area (Å²) in [6.45, 7) is 1.49. The standard InChI is InChI=1S/C17H17N3O5S/c1-11(15-4-3-7-26-15)18(2)16(21)9-19-13-8-12(20(23)24)5-6-14(13)25-10-17(19)22/h3-8,11H,9-10H2,1-2H3. The number of nitro groups is 1. The van der Waals surface area contributed by atoms with Gasteiger partial charge in [0.25, 0.3) is 11.6 Å². The van der Waals surface area contributed by atoms with E-state index in [4.69, 9.17) is 4.74 Å². The number of carbonyl (C=O) groups excluding carboxylic acids is 2. The van der Waals surface area contributed by atoms with Gasteiger partial charge in [-0.1, -0.05) is 6.07 Å². The van der Waals surface area contributed by atoms with Crippen LogP contribution >= 0.6 is 11.3 Å². The predicted molar refractivity (Wildman–Crippen MR) is 96.4 cm³/mol. The summed E-state index contributed by atoms with van der Waals surface area (Å²) in [6, 6.07) is 7.72. The van der Waals surface area contributed by atoms with E-state index in [1.54, 1.807) is 23.3 Å². The second kappa shape index (κ2) is 7.12. The number of hydrogen-bond acceptors (Lipinski definition) is 6. The Labute approximate surface area is 153 Å². The molecule has 136 valence electrons. The van der Waals surface area contributed by atoms with Gasteiger partial charge in [0, 0.05) is 24.1 Å². The number of amides is 2. The van der Waals surface area contributed by atoms with Crippen LogP contribution in [0.1, 0.15) is 17.8 Å². The maximum Gasteiger partial charge on any atom is 0.271 e. The maximum atomic E-state index is 12.7. The first-order valence-corrected chi connectivity index (χ1v) is 8.77. The van der Waals surface area contributed by atoms with Gasteiger partial charge in [0.15, 0.2) is 6.61 Å². The lowest BCUT2D eigenvalue weighted by atomic mass is 10.2. The van der Waals surface area contributed by atoms with Gasteiger partial charge in [-0.05, 0) is 24.4 Å². The third kappa shape index (κ3) is 3.38. The first-order chi connectivity index (χ1) is 12.4. The minimum atomic E-state index is -0.551. The Hall–Kier alpha value is -2.94. The van der Waals surface area contributed by atoms with Crippen LogP contribution in [-0.4, -0.2) is 41.8 Å². The molecular weight excluding hydrogens is 358 g/mol. The lowest BCUT2D eigenvalue weighted by Crippen LogP contribution is -2.46. The van der Waals surface area contributed by atoms with Gasteiger partial charge in [0.1, 0.15) is 12.3 Å². The molecule has 3 rings (SSSR count). The minimum Gasteiger partial charge on any atom is -0.482 e. The SMILES string of the molecule is CC(c1cccs1)N(C)C(=O)CN1C(=O)COc2ccc([N+](=O)[O-])cc21. The fraction of sp³-hybridized carbons (Fsp3) is 0.294. The zero-order chi connectivity index (χ0) is 18.8. The van der Waals surface area contributed by atoms with E-state index in [-0.39, 0.29) is 36.5 Å². The molecule has 0 saturated carbocycles. The van der Waals surface area contributed by atoms with E-state index >= 15 is 0 Å². The van der Waals surface area contributed by atoms with Crippen LogP contribution in [0.25, 0.3) is 0 Å². The van der Waals surface area contributed by atoms with E-state index in [0.717, 1.165) is 4.88 Å². The molecule has 1 aliphatic heterocycles. The summed E-state index contributed by atoms with van der Waals surface area (Å²) in [5.74, 6) is -0.334. The van der Waals surface area contributed by atoms with Crippen molar-refractivity contribution in [2.24, 2.45) is 0 Å². The number of carbonyl (C=O) groups is 2. The van der Waals surface area contributed by atoms with Crippen molar-refractivity contribution in [2.75, 3.05) is 25.1 Å². The smallest absolute Gasteiger partial charge is 0.271 e. The molecule has 1 unspecified atom stereocenters.